The quantitative estimate of drug-likeness (QED) is 0.268. The highest BCUT2D eigenvalue weighted by molar-refractivity contribution is 5.88. The van der Waals surface area contributed by atoms with Crippen LogP contribution in [0.5, 0.6) is 23.0 Å². The summed E-state index contributed by atoms with van der Waals surface area (Å²) in [7, 11) is 0. The molecule has 0 radical (unpaired) electrons. The molecule has 0 saturated carbocycles. The van der Waals surface area contributed by atoms with Crippen LogP contribution in [0.15, 0.2) is 45.6 Å². The minimum Gasteiger partial charge on any atom is -0.508 e. The maximum Gasteiger partial charge on any atom is 0.338 e. The normalized spacial score (nSPS) is 24.3. The Labute approximate surface area is 196 Å². The molecule has 3 aromatic rings. The summed E-state index contributed by atoms with van der Waals surface area (Å²) in [6.45, 7) is 1.46. The second-order valence-corrected chi connectivity index (χ2v) is 7.74. The van der Waals surface area contributed by atoms with E-state index >= 15 is 0 Å². The number of aliphatic hydroxyl groups is 3. The van der Waals surface area contributed by atoms with Gasteiger partial charge < -0.3 is 49.3 Å². The van der Waals surface area contributed by atoms with Gasteiger partial charge in [0.1, 0.15) is 46.5 Å². The SMILES string of the molecule is CCOC(=O)[C@H]1O[C@@H](Oc2c(-c3ccc(O)cc3)oc3cc(O)cc(O)c3c2=O)[C@@H](O)[C@H](O)[C@@H]1O. The highest BCUT2D eigenvalue weighted by atomic mass is 16.7. The first kappa shape index (κ1) is 24.3. The van der Waals surface area contributed by atoms with E-state index < -0.39 is 53.6 Å². The molecular weight excluding hydrogens is 468 g/mol. The van der Waals surface area contributed by atoms with E-state index in [4.69, 9.17) is 18.6 Å². The Morgan fingerprint density at radius 2 is 1.66 bits per heavy atom. The Kier molecular flexibility index (Phi) is 6.54. The summed E-state index contributed by atoms with van der Waals surface area (Å²) in [5, 5.41) is 60.1. The molecule has 1 fully saturated rings. The first-order valence-corrected chi connectivity index (χ1v) is 10.5. The zero-order chi connectivity index (χ0) is 25.4. The Balaban J connectivity index is 1.85. The Hall–Kier alpha value is -3.84. The van der Waals surface area contributed by atoms with Gasteiger partial charge in [-0.3, -0.25) is 4.79 Å². The predicted molar refractivity (Wildman–Crippen MR) is 117 cm³/mol. The molecule has 1 aliphatic rings. The number of aromatic hydroxyl groups is 3. The standard InChI is InChI=1S/C23H22O12/c1-2-32-22(31)21-17(29)16(28)18(30)23(35-21)34-20-15(27)14-12(26)7-11(25)8-13(14)33-19(20)9-3-5-10(24)6-4-9/h3-8,16-18,21,23-26,28-30H,2H2,1H3/t16-,17+,18+,21+,23-/m1/s1. The van der Waals surface area contributed by atoms with E-state index in [1.165, 1.54) is 31.2 Å². The van der Waals surface area contributed by atoms with Crippen molar-refractivity contribution in [3.05, 3.63) is 46.6 Å². The van der Waals surface area contributed by atoms with E-state index in [0.29, 0.717) is 0 Å². The van der Waals surface area contributed by atoms with Crippen molar-refractivity contribution in [2.75, 3.05) is 6.61 Å². The minimum absolute atomic E-state index is 0.0546. The highest BCUT2D eigenvalue weighted by Crippen LogP contribution is 2.37. The number of hydrogen-bond acceptors (Lipinski definition) is 12. The van der Waals surface area contributed by atoms with Crippen molar-refractivity contribution < 1.29 is 54.1 Å². The van der Waals surface area contributed by atoms with Crippen LogP contribution >= 0.6 is 0 Å². The highest BCUT2D eigenvalue weighted by Gasteiger charge is 2.49. The number of aliphatic hydroxyl groups excluding tert-OH is 3. The second-order valence-electron chi connectivity index (χ2n) is 7.74. The average molecular weight is 490 g/mol. The fraction of sp³-hybridized carbons (Fsp3) is 0.304. The Bertz CT molecular complexity index is 1300. The molecule has 35 heavy (non-hydrogen) atoms. The third kappa shape index (κ3) is 4.47. The van der Waals surface area contributed by atoms with Gasteiger partial charge in [-0.2, -0.15) is 0 Å². The molecule has 6 N–H and O–H groups in total. The molecule has 0 unspecified atom stereocenters. The number of rotatable bonds is 5. The van der Waals surface area contributed by atoms with Gasteiger partial charge in [-0.05, 0) is 31.2 Å². The van der Waals surface area contributed by atoms with E-state index in [-0.39, 0.29) is 40.4 Å². The van der Waals surface area contributed by atoms with Crippen molar-refractivity contribution in [2.45, 2.75) is 37.6 Å². The van der Waals surface area contributed by atoms with Gasteiger partial charge in [0.05, 0.1) is 6.61 Å². The summed E-state index contributed by atoms with van der Waals surface area (Å²) in [5.74, 6) is -2.95. The molecule has 2 aromatic carbocycles. The van der Waals surface area contributed by atoms with E-state index in [0.717, 1.165) is 12.1 Å². The van der Waals surface area contributed by atoms with Crippen molar-refractivity contribution in [3.63, 3.8) is 0 Å². The van der Waals surface area contributed by atoms with Crippen LogP contribution in [0.25, 0.3) is 22.3 Å². The number of esters is 1. The van der Waals surface area contributed by atoms with Crippen molar-refractivity contribution >= 4 is 16.9 Å². The number of benzene rings is 2. The lowest BCUT2D eigenvalue weighted by Crippen LogP contribution is -2.61. The lowest BCUT2D eigenvalue weighted by atomic mass is 9.99. The average Bonchev–Trinajstić information content (AvgIpc) is 2.80. The van der Waals surface area contributed by atoms with Gasteiger partial charge in [0.25, 0.3) is 0 Å². The molecule has 5 atom stereocenters. The lowest BCUT2D eigenvalue weighted by Gasteiger charge is -2.38. The van der Waals surface area contributed by atoms with Gasteiger partial charge in [0, 0.05) is 17.7 Å². The summed E-state index contributed by atoms with van der Waals surface area (Å²) in [4.78, 5) is 25.5. The monoisotopic (exact) mass is 490 g/mol. The van der Waals surface area contributed by atoms with Crippen molar-refractivity contribution in [3.8, 4) is 34.3 Å². The largest absolute Gasteiger partial charge is 0.508 e. The van der Waals surface area contributed by atoms with Crippen molar-refractivity contribution in [1.29, 1.82) is 0 Å². The van der Waals surface area contributed by atoms with Crippen molar-refractivity contribution in [2.24, 2.45) is 0 Å². The Morgan fingerprint density at radius 3 is 2.31 bits per heavy atom. The molecule has 12 heteroatoms. The summed E-state index contributed by atoms with van der Waals surface area (Å²) in [5.41, 5.74) is -0.920. The lowest BCUT2D eigenvalue weighted by molar-refractivity contribution is -0.272. The zero-order valence-electron chi connectivity index (χ0n) is 18.2. The van der Waals surface area contributed by atoms with Crippen LogP contribution in [0.3, 0.4) is 0 Å². The van der Waals surface area contributed by atoms with Gasteiger partial charge in [-0.25, -0.2) is 4.79 Å². The molecule has 1 saturated heterocycles. The molecule has 0 amide bonds. The number of carbonyl (C=O) groups excluding carboxylic acids is 1. The van der Waals surface area contributed by atoms with E-state index in [1.54, 1.807) is 0 Å². The minimum atomic E-state index is -1.91. The molecule has 0 aliphatic carbocycles. The Morgan fingerprint density at radius 1 is 0.971 bits per heavy atom. The van der Waals surface area contributed by atoms with Crippen LogP contribution in [0.4, 0.5) is 0 Å². The van der Waals surface area contributed by atoms with E-state index in [1.807, 2.05) is 0 Å². The summed E-state index contributed by atoms with van der Waals surface area (Å²) >= 11 is 0. The van der Waals surface area contributed by atoms with E-state index in [9.17, 15) is 40.2 Å². The molecule has 186 valence electrons. The van der Waals surface area contributed by atoms with Gasteiger partial charge in [-0.15, -0.1) is 0 Å². The number of carbonyl (C=O) groups is 1. The third-order valence-electron chi connectivity index (χ3n) is 5.37. The summed E-state index contributed by atoms with van der Waals surface area (Å²) in [6, 6.07) is 7.36. The fourth-order valence-corrected chi connectivity index (χ4v) is 3.66. The molecule has 12 nitrogen and oxygen atoms in total. The number of phenolic OH excluding ortho intramolecular Hbond substituents is 3. The molecule has 0 spiro atoms. The van der Waals surface area contributed by atoms with Crippen molar-refractivity contribution in [1.82, 2.24) is 0 Å². The zero-order valence-corrected chi connectivity index (χ0v) is 18.2. The second kappa shape index (κ2) is 9.43. The molecule has 4 rings (SSSR count). The topological polar surface area (TPSA) is 196 Å². The first-order valence-electron chi connectivity index (χ1n) is 10.5. The fourth-order valence-electron chi connectivity index (χ4n) is 3.66. The van der Waals surface area contributed by atoms with Gasteiger partial charge in [0.15, 0.2) is 11.9 Å². The van der Waals surface area contributed by atoms with Gasteiger partial charge in [-0.1, -0.05) is 0 Å². The number of ether oxygens (including phenoxy) is 3. The predicted octanol–water partition coefficient (Wildman–Crippen LogP) is 0.326. The van der Waals surface area contributed by atoms with Crippen LogP contribution in [-0.4, -0.2) is 73.9 Å². The van der Waals surface area contributed by atoms with Crippen LogP contribution in [0, 0.1) is 0 Å². The maximum atomic E-state index is 13.3. The number of hydrogen-bond donors (Lipinski definition) is 6. The molecular formula is C23H22O12. The first-order chi connectivity index (χ1) is 16.6. The number of fused-ring (bicyclic) bond motifs is 1. The van der Waals surface area contributed by atoms with Crippen LogP contribution in [0.2, 0.25) is 0 Å². The maximum absolute atomic E-state index is 13.3. The van der Waals surface area contributed by atoms with Gasteiger partial charge >= 0.3 is 5.97 Å². The van der Waals surface area contributed by atoms with Crippen LogP contribution < -0.4 is 10.2 Å². The third-order valence-corrected chi connectivity index (χ3v) is 5.37. The summed E-state index contributed by atoms with van der Waals surface area (Å²) < 4.78 is 21.5. The van der Waals surface area contributed by atoms with Crippen LogP contribution in [0.1, 0.15) is 6.92 Å². The molecule has 1 aliphatic heterocycles. The van der Waals surface area contributed by atoms with Gasteiger partial charge in [0.2, 0.25) is 17.5 Å². The molecule has 0 bridgehead atoms. The van der Waals surface area contributed by atoms with E-state index in [2.05, 4.69) is 0 Å². The molecule has 1 aromatic heterocycles. The number of phenols is 3. The molecule has 2 heterocycles. The van der Waals surface area contributed by atoms with Crippen LogP contribution in [-0.2, 0) is 14.3 Å². The summed E-state index contributed by atoms with van der Waals surface area (Å²) in [6.07, 6.45) is -9.25. The smallest absolute Gasteiger partial charge is 0.338 e.